The van der Waals surface area contributed by atoms with Gasteiger partial charge >= 0.3 is 6.18 Å². The normalized spacial score (nSPS) is 20.6. The van der Waals surface area contributed by atoms with Crippen molar-refractivity contribution in [1.82, 2.24) is 4.98 Å². The highest BCUT2D eigenvalue weighted by atomic mass is 19.4. The van der Waals surface area contributed by atoms with E-state index in [1.807, 2.05) is 0 Å². The van der Waals surface area contributed by atoms with Gasteiger partial charge in [0.05, 0.1) is 17.4 Å². The summed E-state index contributed by atoms with van der Waals surface area (Å²) in [6.45, 7) is 4.11. The summed E-state index contributed by atoms with van der Waals surface area (Å²) in [4.78, 5) is 4.99. The first-order valence-corrected chi connectivity index (χ1v) is 12.8. The third-order valence-electron chi connectivity index (χ3n) is 7.76. The van der Waals surface area contributed by atoms with E-state index in [0.29, 0.717) is 40.9 Å². The van der Waals surface area contributed by atoms with E-state index in [1.54, 1.807) is 12.1 Å². The fourth-order valence-corrected chi connectivity index (χ4v) is 6.03. The highest BCUT2D eigenvalue weighted by molar-refractivity contribution is 5.75. The summed E-state index contributed by atoms with van der Waals surface area (Å²) >= 11 is 0. The van der Waals surface area contributed by atoms with Gasteiger partial charge in [-0.1, -0.05) is 51.0 Å². The van der Waals surface area contributed by atoms with Crippen LogP contribution in [0.15, 0.2) is 48.5 Å². The van der Waals surface area contributed by atoms with Crippen LogP contribution in [0.4, 0.5) is 22.0 Å². The lowest BCUT2D eigenvalue weighted by Crippen LogP contribution is -2.29. The van der Waals surface area contributed by atoms with E-state index < -0.39 is 29.8 Å². The number of rotatable bonds is 4. The van der Waals surface area contributed by atoms with Gasteiger partial charge in [0.1, 0.15) is 5.82 Å². The minimum atomic E-state index is -4.52. The van der Waals surface area contributed by atoms with Crippen LogP contribution < -0.4 is 0 Å². The average molecular weight is 516 g/mol. The highest BCUT2D eigenvalue weighted by Gasteiger charge is 2.39. The van der Waals surface area contributed by atoms with Crippen molar-refractivity contribution in [2.45, 2.75) is 76.7 Å². The maximum atomic E-state index is 16.6. The number of fused-ring (bicyclic) bond motifs is 1. The van der Waals surface area contributed by atoms with Crippen molar-refractivity contribution >= 4 is 0 Å². The Morgan fingerprint density at radius 2 is 1.59 bits per heavy atom. The molecule has 1 aromatic heterocycles. The van der Waals surface area contributed by atoms with Crippen LogP contribution in [0.1, 0.15) is 97.8 Å². The third kappa shape index (κ3) is 5.02. The second-order valence-corrected chi connectivity index (χ2v) is 11.2. The van der Waals surface area contributed by atoms with Crippen LogP contribution in [0.25, 0.3) is 11.1 Å². The Balaban J connectivity index is 1.77. The molecule has 0 unspecified atom stereocenters. The summed E-state index contributed by atoms with van der Waals surface area (Å²) in [5.74, 6) is -0.431. The van der Waals surface area contributed by atoms with Crippen molar-refractivity contribution in [1.29, 1.82) is 0 Å². The number of halogens is 5. The fraction of sp³-hybridized carbons (Fsp3) is 0.433. The Morgan fingerprint density at radius 1 is 0.973 bits per heavy atom. The topological polar surface area (TPSA) is 33.1 Å². The van der Waals surface area contributed by atoms with Gasteiger partial charge in [-0.05, 0) is 72.1 Å². The molecular formula is C30H30F5NO. The number of hydrogen-bond donors (Lipinski definition) is 1. The number of aliphatic hydroxyl groups excluding tert-OH is 1. The van der Waals surface area contributed by atoms with E-state index in [0.717, 1.165) is 37.8 Å². The predicted octanol–water partition coefficient (Wildman–Crippen LogP) is 8.63. The van der Waals surface area contributed by atoms with Crippen LogP contribution in [-0.4, -0.2) is 10.1 Å². The van der Waals surface area contributed by atoms with Gasteiger partial charge in [-0.3, -0.25) is 4.98 Å². The standard InChI is InChI=1S/C30H30F5NO/c1-29(2)15-22-25(23(37)16-29)24(17-9-13-21(31)14-10-17)26(28(36-22)19-5-3-4-6-19)27(32)18-7-11-20(12-8-18)30(33,34)35/h7-14,19,23,27,37H,3-6,15-16H2,1-2H3/t23-,27-/m0/s1. The van der Waals surface area contributed by atoms with Crippen molar-refractivity contribution in [3.8, 4) is 11.1 Å². The quantitative estimate of drug-likeness (QED) is 0.353. The van der Waals surface area contributed by atoms with Crippen molar-refractivity contribution in [3.05, 3.63) is 88.0 Å². The molecule has 37 heavy (non-hydrogen) atoms. The molecule has 5 rings (SSSR count). The third-order valence-corrected chi connectivity index (χ3v) is 7.76. The molecule has 0 radical (unpaired) electrons. The zero-order valence-electron chi connectivity index (χ0n) is 20.9. The van der Waals surface area contributed by atoms with Crippen molar-refractivity contribution in [2.75, 3.05) is 0 Å². The Morgan fingerprint density at radius 3 is 2.19 bits per heavy atom. The molecule has 1 fully saturated rings. The van der Waals surface area contributed by atoms with Crippen molar-refractivity contribution in [3.63, 3.8) is 0 Å². The Bertz CT molecular complexity index is 1280. The van der Waals surface area contributed by atoms with E-state index in [9.17, 15) is 22.7 Å². The SMILES string of the molecule is CC1(C)Cc2nc(C3CCCC3)c([C@@H](F)c3ccc(C(F)(F)F)cc3)c(-c3ccc(F)cc3)c2[C@@H](O)C1. The second kappa shape index (κ2) is 9.50. The lowest BCUT2D eigenvalue weighted by molar-refractivity contribution is -0.137. The largest absolute Gasteiger partial charge is 0.416 e. The summed E-state index contributed by atoms with van der Waals surface area (Å²) in [5.41, 5.74) is 2.21. The maximum absolute atomic E-state index is 16.6. The molecule has 1 saturated carbocycles. The first-order valence-electron chi connectivity index (χ1n) is 12.8. The van der Waals surface area contributed by atoms with Gasteiger partial charge in [-0.2, -0.15) is 13.2 Å². The first kappa shape index (κ1) is 25.8. The van der Waals surface area contributed by atoms with Gasteiger partial charge in [0.25, 0.3) is 0 Å². The molecule has 2 atom stereocenters. The molecule has 196 valence electrons. The van der Waals surface area contributed by atoms with Gasteiger partial charge < -0.3 is 5.11 Å². The lowest BCUT2D eigenvalue weighted by atomic mass is 9.71. The van der Waals surface area contributed by atoms with E-state index in [-0.39, 0.29) is 22.5 Å². The summed E-state index contributed by atoms with van der Waals surface area (Å²) in [7, 11) is 0. The number of pyridine rings is 1. The minimum absolute atomic E-state index is 0.00868. The molecule has 7 heteroatoms. The zero-order valence-corrected chi connectivity index (χ0v) is 20.9. The van der Waals surface area contributed by atoms with Gasteiger partial charge in [0, 0.05) is 22.7 Å². The predicted molar refractivity (Wildman–Crippen MR) is 132 cm³/mol. The lowest BCUT2D eigenvalue weighted by Gasteiger charge is -2.37. The molecule has 1 heterocycles. The zero-order chi connectivity index (χ0) is 26.5. The molecule has 1 N–H and O–H groups in total. The molecule has 0 spiro atoms. The van der Waals surface area contributed by atoms with Crippen LogP contribution in [0.3, 0.4) is 0 Å². The molecule has 0 saturated heterocycles. The van der Waals surface area contributed by atoms with Crippen LogP contribution >= 0.6 is 0 Å². The van der Waals surface area contributed by atoms with Crippen molar-refractivity contribution < 1.29 is 27.1 Å². The summed E-state index contributed by atoms with van der Waals surface area (Å²) in [6, 6.07) is 9.84. The summed E-state index contributed by atoms with van der Waals surface area (Å²) < 4.78 is 70.0. The Hall–Kier alpha value is -2.80. The first-order chi connectivity index (χ1) is 17.4. The smallest absolute Gasteiger partial charge is 0.388 e. The summed E-state index contributed by atoms with van der Waals surface area (Å²) in [6.07, 6.45) is -2.48. The molecule has 2 nitrogen and oxygen atoms in total. The van der Waals surface area contributed by atoms with Gasteiger partial charge in [0.15, 0.2) is 6.17 Å². The van der Waals surface area contributed by atoms with Crippen LogP contribution in [0.2, 0.25) is 0 Å². The number of nitrogens with zero attached hydrogens (tertiary/aromatic N) is 1. The monoisotopic (exact) mass is 515 g/mol. The van der Waals surface area contributed by atoms with Crippen LogP contribution in [0, 0.1) is 11.2 Å². The highest BCUT2D eigenvalue weighted by Crippen LogP contribution is 2.50. The van der Waals surface area contributed by atoms with Gasteiger partial charge in [-0.15, -0.1) is 0 Å². The molecule has 2 aliphatic rings. The van der Waals surface area contributed by atoms with Crippen molar-refractivity contribution in [2.24, 2.45) is 5.41 Å². The number of aromatic nitrogens is 1. The van der Waals surface area contributed by atoms with E-state index in [2.05, 4.69) is 13.8 Å². The van der Waals surface area contributed by atoms with Crippen LogP contribution in [0.5, 0.6) is 0 Å². The van der Waals surface area contributed by atoms with Gasteiger partial charge in [-0.25, -0.2) is 8.78 Å². The summed E-state index contributed by atoms with van der Waals surface area (Å²) in [5, 5.41) is 11.3. The molecular weight excluding hydrogens is 485 g/mol. The Kier molecular flexibility index (Phi) is 6.63. The fourth-order valence-electron chi connectivity index (χ4n) is 6.03. The maximum Gasteiger partial charge on any atom is 0.416 e. The molecule has 3 aromatic rings. The number of benzene rings is 2. The molecule has 0 aliphatic heterocycles. The van der Waals surface area contributed by atoms with E-state index in [4.69, 9.17) is 4.98 Å². The van der Waals surface area contributed by atoms with Crippen LogP contribution in [-0.2, 0) is 12.6 Å². The number of hydrogen-bond acceptors (Lipinski definition) is 2. The van der Waals surface area contributed by atoms with E-state index in [1.165, 1.54) is 24.3 Å². The molecule has 2 aromatic carbocycles. The van der Waals surface area contributed by atoms with Gasteiger partial charge in [0.2, 0.25) is 0 Å². The second-order valence-electron chi connectivity index (χ2n) is 11.2. The van der Waals surface area contributed by atoms with E-state index >= 15 is 4.39 Å². The number of aliphatic hydroxyl groups is 1. The average Bonchev–Trinajstić information content (AvgIpc) is 3.37. The molecule has 0 amide bonds. The Labute approximate surface area is 213 Å². The minimum Gasteiger partial charge on any atom is -0.388 e. The number of alkyl halides is 4. The molecule has 2 aliphatic carbocycles. The molecule has 0 bridgehead atoms.